The Kier molecular flexibility index (Phi) is 11.1. The Hall–Kier alpha value is -8.25. The van der Waals surface area contributed by atoms with Gasteiger partial charge in [-0.3, -0.25) is 0 Å². The molecule has 1 aliphatic heterocycles. The van der Waals surface area contributed by atoms with Crippen LogP contribution >= 0.6 is 0 Å². The van der Waals surface area contributed by atoms with E-state index < -0.39 is 6.85 Å². The van der Waals surface area contributed by atoms with Crippen molar-refractivity contribution in [1.29, 1.82) is 0 Å². The second kappa shape index (κ2) is 19.1. The number of rotatable bonds is 10. The van der Waals surface area contributed by atoms with E-state index in [2.05, 4.69) is 229 Å². The molecule has 356 valence electrons. The number of nitrogens with zero attached hydrogens (tertiary/aromatic N) is 5. The molecule has 11 aromatic rings. The number of para-hydroxylation sites is 6. The van der Waals surface area contributed by atoms with Crippen LogP contribution in [0, 0.1) is 10.7 Å². The third kappa shape index (κ3) is 8.44. The fourth-order valence-electron chi connectivity index (χ4n) is 10.2. The summed E-state index contributed by atoms with van der Waals surface area (Å²) in [6.45, 7) is 4.02. The van der Waals surface area contributed by atoms with Crippen molar-refractivity contribution in [3.8, 4) is 56.4 Å². The molecule has 0 bridgehead atoms. The van der Waals surface area contributed by atoms with Crippen molar-refractivity contribution >= 4 is 46.4 Å². The third-order valence-corrected chi connectivity index (χ3v) is 14.7. The number of hydrogen-bond acceptors (Lipinski definition) is 4. The van der Waals surface area contributed by atoms with Crippen LogP contribution in [-0.4, -0.2) is 21.1 Å². The standard InChI is InChI=1S/C65H52BN5O.Pt/c1-46-22-14-15-31-54(46)57-42-43-62(71-61-37-19-18-36-60(61)70(51-27-12-7-13-28-51)66(71)50-25-10-6-11-26-50)67-64(57)72-53-30-20-29-52(44-53)68-45-69(59-35-17-16-34-58(59)68)63-55(47-23-8-5-9-24-47)32-21-33-56(63)48-38-40-49(41-39-48)65(2,3)4;/h5-44H,1-4H3;/i1D3;. The summed E-state index contributed by atoms with van der Waals surface area (Å²) < 4.78 is 38.6. The molecule has 2 aromatic heterocycles. The van der Waals surface area contributed by atoms with E-state index in [9.17, 15) is 0 Å². The minimum atomic E-state index is -2.40. The van der Waals surface area contributed by atoms with Crippen LogP contribution in [0.4, 0.5) is 22.9 Å². The van der Waals surface area contributed by atoms with Gasteiger partial charge in [-0.25, -0.2) is 0 Å². The Balaban J connectivity index is 1.02. The first-order chi connectivity index (χ1) is 36.9. The number of aromatic nitrogens is 3. The van der Waals surface area contributed by atoms with Crippen LogP contribution in [0.15, 0.2) is 243 Å². The van der Waals surface area contributed by atoms with E-state index >= 15 is 0 Å². The maximum absolute atomic E-state index is 8.62. The van der Waals surface area contributed by atoms with E-state index in [0.717, 1.165) is 71.0 Å². The van der Waals surface area contributed by atoms with Crippen LogP contribution in [-0.2, 0) is 24.8 Å². The second-order valence-corrected chi connectivity index (χ2v) is 20.3. The molecule has 0 N–H and O–H groups in total. The van der Waals surface area contributed by atoms with Gasteiger partial charge in [-0.1, -0.05) is 60.7 Å². The average Bonchev–Trinajstić information content (AvgIpc) is 4.10. The Bertz CT molecular complexity index is 3990. The van der Waals surface area contributed by atoms with Crippen molar-refractivity contribution < 1.29 is 28.2 Å². The summed E-state index contributed by atoms with van der Waals surface area (Å²) in [5.74, 6) is 1.44. The van der Waals surface area contributed by atoms with Crippen LogP contribution in [0.5, 0.6) is 11.6 Å². The molecule has 0 amide bonds. The molecule has 0 spiro atoms. The predicted octanol–water partition coefficient (Wildman–Crippen LogP) is 16.0. The van der Waals surface area contributed by atoms with Gasteiger partial charge in [0, 0.05) is 5.69 Å². The number of anilines is 4. The Labute approximate surface area is 442 Å². The van der Waals surface area contributed by atoms with Gasteiger partial charge in [-0.05, 0) is 18.2 Å². The molecule has 0 atom stereocenters. The van der Waals surface area contributed by atoms with Crippen LogP contribution in [0.25, 0.3) is 55.8 Å². The average molecular weight is 1130 g/mol. The minimum absolute atomic E-state index is 0.0157. The van der Waals surface area contributed by atoms with Crippen molar-refractivity contribution in [2.45, 2.75) is 33.0 Å². The molecule has 0 saturated heterocycles. The van der Waals surface area contributed by atoms with Crippen LogP contribution in [0.3, 0.4) is 0 Å². The van der Waals surface area contributed by atoms with Gasteiger partial charge in [0.1, 0.15) is 0 Å². The molecule has 0 aliphatic carbocycles. The normalized spacial score (nSPS) is 13.2. The van der Waals surface area contributed by atoms with E-state index in [1.807, 2.05) is 60.7 Å². The predicted molar refractivity (Wildman–Crippen MR) is 299 cm³/mol. The Morgan fingerprint density at radius 2 is 1.05 bits per heavy atom. The molecule has 0 radical (unpaired) electrons. The van der Waals surface area contributed by atoms with Crippen molar-refractivity contribution in [3.63, 3.8) is 0 Å². The number of fused-ring (bicyclic) bond motifs is 2. The van der Waals surface area contributed by atoms with Crippen LogP contribution in [0.2, 0.25) is 0 Å². The van der Waals surface area contributed by atoms with Crippen LogP contribution < -0.4 is 19.8 Å². The monoisotopic (exact) mass is 1130 g/mol. The van der Waals surface area contributed by atoms with Gasteiger partial charge in [0.15, 0.2) is 0 Å². The maximum atomic E-state index is 8.62. The number of aryl methyl sites for hydroxylation is 1. The molecule has 0 unspecified atom stereocenters. The molecule has 73 heavy (non-hydrogen) atoms. The molecule has 8 heteroatoms. The number of pyridine rings is 1. The molecule has 12 rings (SSSR count). The van der Waals surface area contributed by atoms with E-state index in [1.54, 1.807) is 12.1 Å². The number of benzene rings is 9. The van der Waals surface area contributed by atoms with E-state index in [1.165, 1.54) is 5.56 Å². The fraction of sp³-hybridized carbons (Fsp3) is 0.0769. The Morgan fingerprint density at radius 3 is 1.75 bits per heavy atom. The molecule has 6 nitrogen and oxygen atoms in total. The molecular formula is C65H52BN5OPt. The van der Waals surface area contributed by atoms with Crippen molar-refractivity contribution in [2.75, 3.05) is 9.62 Å². The Morgan fingerprint density at radius 1 is 0.493 bits per heavy atom. The first-order valence-electron chi connectivity index (χ1n) is 26.1. The summed E-state index contributed by atoms with van der Waals surface area (Å²) in [4.78, 5) is 10.0. The number of ether oxygens (including phenoxy) is 1. The summed E-state index contributed by atoms with van der Waals surface area (Å²) in [7, 11) is 0. The quantitative estimate of drug-likeness (QED) is 0.128. The van der Waals surface area contributed by atoms with Crippen LogP contribution in [0.1, 0.15) is 36.0 Å². The fourth-order valence-corrected chi connectivity index (χ4v) is 11.3. The SMILES string of the molecule is [2H]C([2H])([2H])c1ccccc1-c1ccc(N2B(c3ccccc3)N(c3ccccc3)c3ccccc32)nc1Oc1cccc(-n2[c](=[Pt])n(-c3c(-c4ccccc4)cccc3-c3ccc(C(C)(C)C)cc3)c3ccccc32)c1. The summed E-state index contributed by atoms with van der Waals surface area (Å²) in [6.07, 6.45) is 0. The van der Waals surface area contributed by atoms with Gasteiger partial charge >= 0.3 is 361 Å². The summed E-state index contributed by atoms with van der Waals surface area (Å²) in [5, 5.41) is 0. The van der Waals surface area contributed by atoms with Gasteiger partial charge in [-0.15, -0.1) is 0 Å². The van der Waals surface area contributed by atoms with E-state index in [4.69, 9.17) is 13.8 Å². The van der Waals surface area contributed by atoms with Gasteiger partial charge in [0.05, 0.1) is 0 Å². The number of imidazole rings is 1. The third-order valence-electron chi connectivity index (χ3n) is 13.7. The van der Waals surface area contributed by atoms with Gasteiger partial charge in [0.25, 0.3) is 0 Å². The van der Waals surface area contributed by atoms with Gasteiger partial charge in [0.2, 0.25) is 0 Å². The second-order valence-electron chi connectivity index (χ2n) is 19.3. The zero-order valence-electron chi connectivity index (χ0n) is 43.6. The van der Waals surface area contributed by atoms with Gasteiger partial charge in [-0.2, -0.15) is 0 Å². The van der Waals surface area contributed by atoms with Crippen molar-refractivity contribution in [1.82, 2.24) is 14.1 Å². The zero-order valence-corrected chi connectivity index (χ0v) is 42.9. The molecule has 0 saturated carbocycles. The first kappa shape index (κ1) is 42.4. The van der Waals surface area contributed by atoms with Gasteiger partial charge < -0.3 is 0 Å². The topological polar surface area (TPSA) is 38.5 Å². The summed E-state index contributed by atoms with van der Waals surface area (Å²) in [6, 6.07) is 83.1. The molecule has 9 aromatic carbocycles. The van der Waals surface area contributed by atoms with Crippen molar-refractivity contribution in [3.05, 3.63) is 258 Å². The summed E-state index contributed by atoms with van der Waals surface area (Å²) >= 11 is 2.47. The summed E-state index contributed by atoms with van der Waals surface area (Å²) in [5.41, 5.74) is 15.2. The molecule has 0 fully saturated rings. The first-order valence-corrected chi connectivity index (χ1v) is 25.7. The number of hydrogen-bond donors (Lipinski definition) is 0. The van der Waals surface area contributed by atoms with Crippen molar-refractivity contribution in [2.24, 2.45) is 0 Å². The zero-order chi connectivity index (χ0) is 52.1. The molecular weight excluding hydrogens is 1070 g/mol. The van der Waals surface area contributed by atoms with E-state index in [-0.39, 0.29) is 23.8 Å². The molecule has 3 heterocycles. The van der Waals surface area contributed by atoms with E-state index in [0.29, 0.717) is 22.7 Å². The molecule has 1 aliphatic rings.